The number of aliphatic hydroxyl groups excluding tert-OH is 1. The number of aliphatic hydroxyl groups is 1. The molecule has 0 bridgehead atoms. The lowest BCUT2D eigenvalue weighted by Gasteiger charge is -2.55. The predicted molar refractivity (Wildman–Crippen MR) is 246 cm³/mol. The largest absolute Gasteiger partial charge is 0.493 e. The molecule has 1 aliphatic heterocycles. The Bertz CT molecular complexity index is 2260. The highest BCUT2D eigenvalue weighted by molar-refractivity contribution is 6.31. The number of benzene rings is 4. The number of hydrazone groups is 1. The highest BCUT2D eigenvalue weighted by Gasteiger charge is 2.54. The standard InChI is InChI=1S/C50H62N6O5/c1-34(2)17-20-42-43(59-32-40(51)31-56(53)30-36-15-11-8-12-16-36)24-38(25-44(42)60-33-41(55-52)29-54-28-35-13-9-7-10-14-35)19-18-37-23-39-27-46-49(3,4)47(57)21-22-50(46,5)61-48(39)45(26-37)58-6/h7-19,23-26,29,31,46-47,57H,20-22,27-28,30,32-33,51-53H2,1-6H3/b19-18+,40-31-,54-29?,55-41?/t46-,47-,50-/m1/s1. The number of hydrogen-bond acceptors (Lipinski definition) is 11. The van der Waals surface area contributed by atoms with Gasteiger partial charge in [0.05, 0.1) is 32.0 Å². The van der Waals surface area contributed by atoms with E-state index in [4.69, 9.17) is 36.4 Å². The molecule has 0 spiro atoms. The molecule has 1 aliphatic carbocycles. The summed E-state index contributed by atoms with van der Waals surface area (Å²) in [5, 5.41) is 16.5. The molecule has 0 radical (unpaired) electrons. The summed E-state index contributed by atoms with van der Waals surface area (Å²) >= 11 is 0. The van der Waals surface area contributed by atoms with Crippen molar-refractivity contribution in [3.05, 3.63) is 142 Å². The number of rotatable bonds is 17. The van der Waals surface area contributed by atoms with E-state index in [0.29, 0.717) is 54.6 Å². The maximum Gasteiger partial charge on any atom is 0.165 e. The number of fused-ring (bicyclic) bond motifs is 2. The molecule has 6 rings (SSSR count). The monoisotopic (exact) mass is 826 g/mol. The number of ether oxygens (including phenoxy) is 4. The Morgan fingerprint density at radius 3 is 2.16 bits per heavy atom. The molecule has 11 nitrogen and oxygen atoms in total. The zero-order valence-corrected chi connectivity index (χ0v) is 36.4. The molecule has 322 valence electrons. The van der Waals surface area contributed by atoms with Gasteiger partial charge in [0, 0.05) is 23.9 Å². The fourth-order valence-electron chi connectivity index (χ4n) is 8.29. The van der Waals surface area contributed by atoms with Gasteiger partial charge in [0.25, 0.3) is 0 Å². The molecule has 0 amide bonds. The lowest BCUT2D eigenvalue weighted by Crippen LogP contribution is -2.58. The molecule has 2 aliphatic rings. The number of hydrogen-bond donors (Lipinski definition) is 4. The number of nitrogens with zero attached hydrogens (tertiary/aromatic N) is 3. The minimum Gasteiger partial charge on any atom is -0.493 e. The van der Waals surface area contributed by atoms with Gasteiger partial charge >= 0.3 is 0 Å². The summed E-state index contributed by atoms with van der Waals surface area (Å²) in [5.41, 5.74) is 13.7. The third-order valence-electron chi connectivity index (χ3n) is 11.7. The van der Waals surface area contributed by atoms with Crippen molar-refractivity contribution in [2.75, 3.05) is 20.3 Å². The Morgan fingerprint density at radius 1 is 0.902 bits per heavy atom. The Labute approximate surface area is 361 Å². The average molecular weight is 827 g/mol. The summed E-state index contributed by atoms with van der Waals surface area (Å²) in [6.07, 6.45) is 11.9. The Hall–Kier alpha value is -6.04. The van der Waals surface area contributed by atoms with Gasteiger partial charge < -0.3 is 40.6 Å². The molecule has 1 heterocycles. The Balaban J connectivity index is 1.32. The minimum absolute atomic E-state index is 0.0834. The van der Waals surface area contributed by atoms with Crippen LogP contribution in [-0.2, 0) is 25.9 Å². The van der Waals surface area contributed by atoms with Crippen molar-refractivity contribution in [1.82, 2.24) is 5.01 Å². The molecule has 1 fully saturated rings. The Kier molecular flexibility index (Phi) is 14.6. The predicted octanol–water partition coefficient (Wildman–Crippen LogP) is 8.38. The highest BCUT2D eigenvalue weighted by atomic mass is 16.5. The first-order valence-corrected chi connectivity index (χ1v) is 20.9. The van der Waals surface area contributed by atoms with E-state index >= 15 is 0 Å². The fourth-order valence-corrected chi connectivity index (χ4v) is 8.29. The van der Waals surface area contributed by atoms with E-state index in [2.05, 4.69) is 56.9 Å². The lowest BCUT2D eigenvalue weighted by molar-refractivity contribution is -0.138. The van der Waals surface area contributed by atoms with Crippen LogP contribution in [0.5, 0.6) is 23.0 Å². The molecule has 0 saturated heterocycles. The van der Waals surface area contributed by atoms with Crippen LogP contribution in [0, 0.1) is 11.3 Å². The van der Waals surface area contributed by atoms with Gasteiger partial charge in [-0.05, 0) is 104 Å². The topological polar surface area (TPSA) is 163 Å². The summed E-state index contributed by atoms with van der Waals surface area (Å²) in [6.45, 7) is 11.7. The molecule has 1 saturated carbocycles. The van der Waals surface area contributed by atoms with Crippen LogP contribution in [0.15, 0.2) is 119 Å². The second-order valence-corrected chi connectivity index (χ2v) is 17.1. The maximum absolute atomic E-state index is 11.0. The second kappa shape index (κ2) is 20.0. The average Bonchev–Trinajstić information content (AvgIpc) is 3.24. The number of hydrazine groups is 1. The van der Waals surface area contributed by atoms with E-state index in [1.54, 1.807) is 24.5 Å². The van der Waals surface area contributed by atoms with Crippen molar-refractivity contribution >= 4 is 24.1 Å². The number of methoxy groups -OCH3 is 1. The van der Waals surface area contributed by atoms with Crippen molar-refractivity contribution in [3.63, 3.8) is 0 Å². The molecule has 4 aromatic rings. The van der Waals surface area contributed by atoms with Crippen molar-refractivity contribution < 1.29 is 24.1 Å². The van der Waals surface area contributed by atoms with Crippen LogP contribution in [0.25, 0.3) is 12.2 Å². The maximum atomic E-state index is 11.0. The third kappa shape index (κ3) is 11.4. The summed E-state index contributed by atoms with van der Waals surface area (Å²) < 4.78 is 25.7. The number of aliphatic imine (C=N–C) groups is 1. The normalized spacial score (nSPS) is 19.8. The first kappa shape index (κ1) is 44.5. The molecule has 3 atom stereocenters. The van der Waals surface area contributed by atoms with Gasteiger partial charge in [-0.3, -0.25) is 4.99 Å². The van der Waals surface area contributed by atoms with E-state index in [1.165, 1.54) is 0 Å². The van der Waals surface area contributed by atoms with Gasteiger partial charge in [-0.25, -0.2) is 5.84 Å². The van der Waals surface area contributed by atoms with Gasteiger partial charge in [0.15, 0.2) is 11.5 Å². The van der Waals surface area contributed by atoms with E-state index in [1.807, 2.05) is 91.0 Å². The van der Waals surface area contributed by atoms with E-state index in [0.717, 1.165) is 57.5 Å². The number of allylic oxidation sites excluding steroid dienone is 2. The first-order chi connectivity index (χ1) is 29.3. The van der Waals surface area contributed by atoms with Gasteiger partial charge in [-0.2, -0.15) is 5.10 Å². The SMILES string of the molecule is COc1cc(/C=C/c2cc(OCC(C=NCc3ccccc3)=NN)c(CC=C(C)C)c(OC/C(N)=C/N(N)Cc3ccccc3)c2)cc2c1O[C@]1(C)CC[C@@H](O)C(C)(C)[C@H]1C2. The summed E-state index contributed by atoms with van der Waals surface area (Å²) in [5.74, 6) is 15.0. The van der Waals surface area contributed by atoms with Crippen LogP contribution in [-0.4, -0.2) is 54.1 Å². The smallest absolute Gasteiger partial charge is 0.165 e. The van der Waals surface area contributed by atoms with E-state index in [-0.39, 0.29) is 24.5 Å². The molecule has 61 heavy (non-hydrogen) atoms. The Morgan fingerprint density at radius 2 is 1.52 bits per heavy atom. The van der Waals surface area contributed by atoms with Crippen LogP contribution >= 0.6 is 0 Å². The number of nitrogens with two attached hydrogens (primary N) is 3. The molecule has 11 heteroatoms. The third-order valence-corrected chi connectivity index (χ3v) is 11.7. The summed E-state index contributed by atoms with van der Waals surface area (Å²) in [7, 11) is 1.67. The van der Waals surface area contributed by atoms with Crippen LogP contribution in [0.3, 0.4) is 0 Å². The summed E-state index contributed by atoms with van der Waals surface area (Å²) in [6, 6.07) is 28.1. The van der Waals surface area contributed by atoms with E-state index in [9.17, 15) is 5.11 Å². The van der Waals surface area contributed by atoms with Gasteiger partial charge in [-0.1, -0.05) is 98.3 Å². The van der Waals surface area contributed by atoms with Gasteiger partial charge in [0.1, 0.15) is 36.0 Å². The quantitative estimate of drug-likeness (QED) is 0.0269. The molecule has 0 aromatic heterocycles. The zero-order chi connectivity index (χ0) is 43.6. The summed E-state index contributed by atoms with van der Waals surface area (Å²) in [4.78, 5) is 4.56. The molecule has 0 unspecified atom stereocenters. The van der Waals surface area contributed by atoms with Crippen molar-refractivity contribution in [1.29, 1.82) is 0 Å². The van der Waals surface area contributed by atoms with Crippen LogP contribution in [0.4, 0.5) is 0 Å². The highest BCUT2D eigenvalue weighted by Crippen LogP contribution is 2.55. The fraction of sp³-hybridized carbons (Fsp3) is 0.360. The van der Waals surface area contributed by atoms with Crippen LogP contribution in [0.1, 0.15) is 80.8 Å². The minimum atomic E-state index is -0.397. The first-order valence-electron chi connectivity index (χ1n) is 20.9. The zero-order valence-electron chi connectivity index (χ0n) is 36.4. The van der Waals surface area contributed by atoms with Gasteiger partial charge in [0.2, 0.25) is 0 Å². The molecular formula is C50H62N6O5. The van der Waals surface area contributed by atoms with Crippen molar-refractivity contribution in [3.8, 4) is 23.0 Å². The van der Waals surface area contributed by atoms with Crippen LogP contribution < -0.4 is 36.4 Å². The van der Waals surface area contributed by atoms with Crippen LogP contribution in [0.2, 0.25) is 0 Å². The second-order valence-electron chi connectivity index (χ2n) is 17.1. The molecule has 7 N–H and O–H groups in total. The molecular weight excluding hydrogens is 765 g/mol. The molecule has 4 aromatic carbocycles. The van der Waals surface area contributed by atoms with Crippen molar-refractivity contribution in [2.45, 2.75) is 85.1 Å². The van der Waals surface area contributed by atoms with E-state index < -0.39 is 11.7 Å². The lowest BCUT2D eigenvalue weighted by atomic mass is 9.57. The van der Waals surface area contributed by atoms with Crippen molar-refractivity contribution in [2.24, 2.45) is 38.8 Å². The van der Waals surface area contributed by atoms with Gasteiger partial charge in [-0.15, -0.1) is 0 Å².